The van der Waals surface area contributed by atoms with Gasteiger partial charge in [0.2, 0.25) is 0 Å². The van der Waals surface area contributed by atoms with E-state index in [1.165, 1.54) is 25.7 Å². The van der Waals surface area contributed by atoms with Gasteiger partial charge in [0, 0.05) is 0 Å². The van der Waals surface area contributed by atoms with Crippen molar-refractivity contribution in [3.8, 4) is 6.07 Å². The van der Waals surface area contributed by atoms with Gasteiger partial charge in [-0.25, -0.2) is 0 Å². The Kier molecular flexibility index (Phi) is 7.24. The van der Waals surface area contributed by atoms with E-state index in [4.69, 9.17) is 0 Å². The van der Waals surface area contributed by atoms with Crippen molar-refractivity contribution >= 4 is 0 Å². The minimum absolute atomic E-state index is 0.897. The molecule has 0 rings (SSSR count). The molecule has 0 aliphatic heterocycles. The first-order valence-electron chi connectivity index (χ1n) is 4.66. The van der Waals surface area contributed by atoms with Crippen LogP contribution in [0.5, 0.6) is 0 Å². The van der Waals surface area contributed by atoms with Gasteiger partial charge in [0.1, 0.15) is 0 Å². The average molecular weight is 154 g/mol. The first kappa shape index (κ1) is 10.5. The summed E-state index contributed by atoms with van der Waals surface area (Å²) < 4.78 is 0. The molecule has 0 fully saturated rings. The van der Waals surface area contributed by atoms with Crippen LogP contribution in [-0.2, 0) is 0 Å². The monoisotopic (exact) mass is 154 g/mol. The van der Waals surface area contributed by atoms with Crippen LogP contribution in [0.4, 0.5) is 0 Å². The average Bonchev–Trinajstić information content (AvgIpc) is 2.03. The van der Waals surface area contributed by atoms with Gasteiger partial charge in [-0.2, -0.15) is 0 Å². The van der Waals surface area contributed by atoms with E-state index in [0.717, 1.165) is 12.3 Å². The Balaban J connectivity index is 3.40. The van der Waals surface area contributed by atoms with Gasteiger partial charge in [-0.3, -0.25) is 0 Å². The number of nitrogens with zero attached hydrogens (tertiary/aromatic N) is 1. The third-order valence-corrected chi connectivity index (χ3v) is 2.10. The van der Waals surface area contributed by atoms with Crippen molar-refractivity contribution in [2.45, 2.75) is 46.0 Å². The standard InChI is InChI=1S/C10H20N/c1-4-7-10(5-2)8-6-9-11-3/h10H,4-8H2,1-3H3/q+1. The van der Waals surface area contributed by atoms with Crippen LogP contribution < -0.4 is 0 Å². The molecule has 1 nitrogen and oxygen atoms in total. The van der Waals surface area contributed by atoms with Crippen molar-refractivity contribution in [2.24, 2.45) is 5.92 Å². The predicted molar refractivity (Wildman–Crippen MR) is 51.1 cm³/mol. The van der Waals surface area contributed by atoms with Crippen molar-refractivity contribution in [1.29, 1.82) is 0 Å². The Morgan fingerprint density at radius 2 is 2.00 bits per heavy atom. The third-order valence-electron chi connectivity index (χ3n) is 2.10. The summed E-state index contributed by atoms with van der Waals surface area (Å²) in [6.07, 6.45) is 6.28. The van der Waals surface area contributed by atoms with E-state index in [2.05, 4.69) is 24.8 Å². The molecular formula is C10H20N+. The fourth-order valence-corrected chi connectivity index (χ4v) is 1.34. The summed E-state index contributed by atoms with van der Waals surface area (Å²) in [5, 5.41) is 0. The Hall–Kier alpha value is -0.510. The van der Waals surface area contributed by atoms with Crippen LogP contribution >= 0.6 is 0 Å². The lowest BCUT2D eigenvalue weighted by atomic mass is 9.96. The second-order valence-electron chi connectivity index (χ2n) is 2.98. The van der Waals surface area contributed by atoms with Crippen LogP contribution in [0.25, 0.3) is 4.85 Å². The van der Waals surface area contributed by atoms with Crippen LogP contribution in [0.2, 0.25) is 0 Å². The van der Waals surface area contributed by atoms with E-state index in [0.29, 0.717) is 0 Å². The molecule has 0 N–H and O–H groups in total. The molecule has 0 radical (unpaired) electrons. The molecule has 0 aliphatic carbocycles. The highest BCUT2D eigenvalue weighted by Gasteiger charge is 2.04. The fraction of sp³-hybridized carbons (Fsp3) is 0.900. The summed E-state index contributed by atoms with van der Waals surface area (Å²) in [6.45, 7) is 4.52. The summed E-state index contributed by atoms with van der Waals surface area (Å²) >= 11 is 0. The van der Waals surface area contributed by atoms with Gasteiger partial charge in [-0.1, -0.05) is 38.0 Å². The first-order chi connectivity index (χ1) is 5.35. The zero-order valence-electron chi connectivity index (χ0n) is 8.06. The number of hydrogen-bond donors (Lipinski definition) is 0. The highest BCUT2D eigenvalue weighted by atomic mass is 14.6. The summed E-state index contributed by atoms with van der Waals surface area (Å²) in [7, 11) is 1.79. The molecule has 1 atom stereocenters. The lowest BCUT2D eigenvalue weighted by Gasteiger charge is -2.09. The van der Waals surface area contributed by atoms with E-state index in [1.54, 1.807) is 7.05 Å². The summed E-state index contributed by atoms with van der Waals surface area (Å²) in [5.74, 6) is 0.897. The van der Waals surface area contributed by atoms with Crippen LogP contribution in [0.1, 0.15) is 46.0 Å². The second kappa shape index (κ2) is 7.60. The van der Waals surface area contributed by atoms with E-state index in [1.807, 2.05) is 0 Å². The van der Waals surface area contributed by atoms with E-state index < -0.39 is 0 Å². The molecule has 1 heteroatoms. The molecular weight excluding hydrogens is 134 g/mol. The molecule has 0 saturated carbocycles. The third kappa shape index (κ3) is 5.91. The second-order valence-corrected chi connectivity index (χ2v) is 2.98. The zero-order chi connectivity index (χ0) is 8.53. The minimum atomic E-state index is 0.897. The zero-order valence-corrected chi connectivity index (χ0v) is 8.06. The maximum Gasteiger partial charge on any atom is 0.272 e. The van der Waals surface area contributed by atoms with Gasteiger partial charge in [0.05, 0.1) is 6.42 Å². The molecule has 0 amide bonds. The Morgan fingerprint density at radius 3 is 2.45 bits per heavy atom. The van der Waals surface area contributed by atoms with Gasteiger partial charge < -0.3 is 0 Å². The maximum absolute atomic E-state index is 3.85. The quantitative estimate of drug-likeness (QED) is 0.570. The predicted octanol–water partition coefficient (Wildman–Crippen LogP) is 3.56. The SMILES string of the molecule is CCCC(CC)CCC#[N+]C. The lowest BCUT2D eigenvalue weighted by molar-refractivity contribution is 0.438. The highest BCUT2D eigenvalue weighted by Crippen LogP contribution is 2.16. The number of rotatable bonds is 5. The molecule has 0 aromatic heterocycles. The Morgan fingerprint density at radius 1 is 1.27 bits per heavy atom. The van der Waals surface area contributed by atoms with Gasteiger partial charge >= 0.3 is 0 Å². The van der Waals surface area contributed by atoms with Gasteiger partial charge in [0.15, 0.2) is 0 Å². The summed E-state index contributed by atoms with van der Waals surface area (Å²) in [6, 6.07) is 3.00. The van der Waals surface area contributed by atoms with Gasteiger partial charge in [-0.05, 0) is 12.3 Å². The number of hydrogen-bond acceptors (Lipinski definition) is 0. The molecule has 64 valence electrons. The van der Waals surface area contributed by atoms with E-state index in [-0.39, 0.29) is 0 Å². The molecule has 0 aromatic carbocycles. The van der Waals surface area contributed by atoms with Crippen LogP contribution in [0.15, 0.2) is 0 Å². The normalized spacial score (nSPS) is 11.9. The van der Waals surface area contributed by atoms with Crippen molar-refractivity contribution in [1.82, 2.24) is 0 Å². The van der Waals surface area contributed by atoms with E-state index >= 15 is 0 Å². The largest absolute Gasteiger partial charge is 0.272 e. The lowest BCUT2D eigenvalue weighted by Crippen LogP contribution is -1.96. The Bertz CT molecular complexity index is 130. The molecule has 0 saturated heterocycles. The smallest absolute Gasteiger partial charge is 0.0870 e. The Labute approximate surface area is 70.6 Å². The molecule has 0 bridgehead atoms. The summed E-state index contributed by atoms with van der Waals surface area (Å²) in [5.41, 5.74) is 0. The van der Waals surface area contributed by atoms with E-state index in [9.17, 15) is 0 Å². The van der Waals surface area contributed by atoms with Crippen molar-refractivity contribution in [2.75, 3.05) is 7.05 Å². The first-order valence-corrected chi connectivity index (χ1v) is 4.66. The minimum Gasteiger partial charge on any atom is -0.0870 e. The van der Waals surface area contributed by atoms with Crippen molar-refractivity contribution in [3.63, 3.8) is 0 Å². The van der Waals surface area contributed by atoms with Gasteiger partial charge in [-0.15, -0.1) is 0 Å². The van der Waals surface area contributed by atoms with Crippen LogP contribution in [0.3, 0.4) is 0 Å². The molecule has 0 spiro atoms. The van der Waals surface area contributed by atoms with Crippen LogP contribution in [0, 0.1) is 12.0 Å². The van der Waals surface area contributed by atoms with Gasteiger partial charge in [0.25, 0.3) is 13.1 Å². The fourth-order valence-electron chi connectivity index (χ4n) is 1.34. The van der Waals surface area contributed by atoms with Crippen LogP contribution in [-0.4, -0.2) is 7.05 Å². The topological polar surface area (TPSA) is 4.36 Å². The molecule has 11 heavy (non-hydrogen) atoms. The molecule has 1 unspecified atom stereocenters. The maximum atomic E-state index is 3.85. The summed E-state index contributed by atoms with van der Waals surface area (Å²) in [4.78, 5) is 3.85. The van der Waals surface area contributed by atoms with Crippen molar-refractivity contribution < 1.29 is 0 Å². The molecule has 0 heterocycles. The molecule has 0 aliphatic rings. The molecule has 0 aromatic rings. The highest BCUT2D eigenvalue weighted by molar-refractivity contribution is 4.83. The van der Waals surface area contributed by atoms with Crippen molar-refractivity contribution in [3.05, 3.63) is 4.85 Å².